The van der Waals surface area contributed by atoms with E-state index in [2.05, 4.69) is 16.4 Å². The van der Waals surface area contributed by atoms with Gasteiger partial charge in [-0.1, -0.05) is 18.2 Å². The maximum Gasteiger partial charge on any atom is 0.291 e. The predicted octanol–water partition coefficient (Wildman–Crippen LogP) is 3.73. The van der Waals surface area contributed by atoms with E-state index in [9.17, 15) is 9.59 Å². The first-order valence-corrected chi connectivity index (χ1v) is 11.3. The van der Waals surface area contributed by atoms with E-state index in [-0.39, 0.29) is 17.9 Å². The van der Waals surface area contributed by atoms with E-state index in [1.807, 2.05) is 23.1 Å². The largest absolute Gasteiger partial charge is 0.436 e. The van der Waals surface area contributed by atoms with Crippen LogP contribution in [0.2, 0.25) is 0 Å². The number of fused-ring (bicyclic) bond motifs is 1. The number of amides is 2. The number of methoxy groups -OCH3 is 1. The van der Waals surface area contributed by atoms with Crippen molar-refractivity contribution in [3.8, 4) is 0 Å². The van der Waals surface area contributed by atoms with E-state index in [1.54, 1.807) is 21.0 Å². The fourth-order valence-corrected chi connectivity index (χ4v) is 5.39. The summed E-state index contributed by atoms with van der Waals surface area (Å²) in [5.74, 6) is 0.601. The second kappa shape index (κ2) is 9.20. The molecular formula is C23H27N3O4S. The Labute approximate surface area is 185 Å². The van der Waals surface area contributed by atoms with Crippen LogP contribution in [-0.4, -0.2) is 54.5 Å². The van der Waals surface area contributed by atoms with Gasteiger partial charge in [-0.15, -0.1) is 11.3 Å². The number of aromatic nitrogens is 1. The molecule has 0 aliphatic carbocycles. The van der Waals surface area contributed by atoms with Crippen LogP contribution in [0.4, 0.5) is 0 Å². The van der Waals surface area contributed by atoms with Gasteiger partial charge in [0, 0.05) is 37.9 Å². The van der Waals surface area contributed by atoms with Crippen molar-refractivity contribution in [1.82, 2.24) is 15.2 Å². The van der Waals surface area contributed by atoms with E-state index < -0.39 is 0 Å². The number of thiophene rings is 1. The van der Waals surface area contributed by atoms with Crippen molar-refractivity contribution >= 4 is 33.2 Å². The molecule has 1 atom stereocenters. The molecule has 3 aromatic rings. The van der Waals surface area contributed by atoms with Crippen LogP contribution in [0.25, 0.3) is 10.1 Å². The zero-order chi connectivity index (χ0) is 22.0. The standard InChI is InChI=1S/C23H27N3O4S/c1-14-20(30-15(2)25-14)23(28)26-11-6-7-16(26)13-18-17-8-4-5-9-19(17)31-21(18)22(27)24-10-12-29-3/h4-5,8-9,16H,6-7,10-13H2,1-3H3,(H,24,27)/t16-/m0/s1. The predicted molar refractivity (Wildman–Crippen MR) is 120 cm³/mol. The summed E-state index contributed by atoms with van der Waals surface area (Å²) in [6, 6.07) is 8.08. The molecule has 1 N–H and O–H groups in total. The summed E-state index contributed by atoms with van der Waals surface area (Å²) in [5, 5.41) is 4.02. The number of rotatable bonds is 7. The molecule has 1 aliphatic rings. The minimum Gasteiger partial charge on any atom is -0.436 e. The lowest BCUT2D eigenvalue weighted by atomic mass is 10.00. The van der Waals surface area contributed by atoms with Crippen LogP contribution in [0.5, 0.6) is 0 Å². The zero-order valence-electron chi connectivity index (χ0n) is 18.1. The van der Waals surface area contributed by atoms with Crippen molar-refractivity contribution in [2.45, 2.75) is 39.2 Å². The minimum absolute atomic E-state index is 0.0147. The van der Waals surface area contributed by atoms with Gasteiger partial charge >= 0.3 is 0 Å². The first kappa shape index (κ1) is 21.5. The Morgan fingerprint density at radius 2 is 2.13 bits per heavy atom. The Bertz CT molecular complexity index is 1100. The highest BCUT2D eigenvalue weighted by atomic mass is 32.1. The van der Waals surface area contributed by atoms with Crippen molar-refractivity contribution < 1.29 is 18.7 Å². The van der Waals surface area contributed by atoms with Crippen LogP contribution in [0, 0.1) is 13.8 Å². The summed E-state index contributed by atoms with van der Waals surface area (Å²) in [6.07, 6.45) is 2.46. The van der Waals surface area contributed by atoms with Gasteiger partial charge in [0.1, 0.15) is 0 Å². The van der Waals surface area contributed by atoms with Crippen LogP contribution in [0.3, 0.4) is 0 Å². The highest BCUT2D eigenvalue weighted by Gasteiger charge is 2.34. The maximum absolute atomic E-state index is 13.2. The molecule has 0 radical (unpaired) electrons. The van der Waals surface area contributed by atoms with Crippen molar-refractivity contribution in [3.63, 3.8) is 0 Å². The molecule has 1 aromatic carbocycles. The van der Waals surface area contributed by atoms with Gasteiger partial charge in [-0.2, -0.15) is 0 Å². The number of likely N-dealkylation sites (tertiary alicyclic amines) is 1. The van der Waals surface area contributed by atoms with Crippen LogP contribution < -0.4 is 5.32 Å². The third-order valence-corrected chi connectivity index (χ3v) is 6.88. The highest BCUT2D eigenvalue weighted by molar-refractivity contribution is 7.21. The molecule has 1 aliphatic heterocycles. The molecular weight excluding hydrogens is 414 g/mol. The molecule has 8 heteroatoms. The lowest BCUT2D eigenvalue weighted by Gasteiger charge is -2.24. The third-order valence-electron chi connectivity index (χ3n) is 5.67. The molecule has 164 valence electrons. The molecule has 1 saturated heterocycles. The lowest BCUT2D eigenvalue weighted by Crippen LogP contribution is -2.37. The molecule has 2 aromatic heterocycles. The fraction of sp³-hybridized carbons (Fsp3) is 0.435. The molecule has 3 heterocycles. The number of aryl methyl sites for hydroxylation is 2. The van der Waals surface area contributed by atoms with Crippen LogP contribution in [-0.2, 0) is 11.2 Å². The molecule has 4 rings (SSSR count). The van der Waals surface area contributed by atoms with E-state index in [0.29, 0.717) is 48.3 Å². The first-order chi connectivity index (χ1) is 15.0. The number of benzene rings is 1. The number of oxazole rings is 1. The van der Waals surface area contributed by atoms with Crippen LogP contribution in [0.1, 0.15) is 50.2 Å². The number of nitrogens with one attached hydrogen (secondary N) is 1. The highest BCUT2D eigenvalue weighted by Crippen LogP contribution is 2.35. The SMILES string of the molecule is COCCNC(=O)c1sc2ccccc2c1C[C@@H]1CCCN1C(=O)c1oc(C)nc1C. The Kier molecular flexibility index (Phi) is 6.38. The first-order valence-electron chi connectivity index (χ1n) is 10.5. The van der Waals surface area contributed by atoms with E-state index in [0.717, 1.165) is 28.5 Å². The number of hydrogen-bond donors (Lipinski definition) is 1. The number of carbonyl (C=O) groups is 2. The third kappa shape index (κ3) is 4.36. The molecule has 2 amide bonds. The van der Waals surface area contributed by atoms with E-state index in [1.165, 1.54) is 11.3 Å². The summed E-state index contributed by atoms with van der Waals surface area (Å²) in [4.78, 5) is 32.9. The number of ether oxygens (including phenoxy) is 1. The quantitative estimate of drug-likeness (QED) is 0.565. The normalized spacial score (nSPS) is 16.2. The Morgan fingerprint density at radius 1 is 1.32 bits per heavy atom. The van der Waals surface area contributed by atoms with E-state index >= 15 is 0 Å². The maximum atomic E-state index is 13.2. The van der Waals surface area contributed by atoms with Gasteiger partial charge in [0.25, 0.3) is 11.8 Å². The monoisotopic (exact) mass is 441 g/mol. The van der Waals surface area contributed by atoms with Crippen molar-refractivity contribution in [2.24, 2.45) is 0 Å². The van der Waals surface area contributed by atoms with Gasteiger partial charge in [0.2, 0.25) is 5.76 Å². The lowest BCUT2D eigenvalue weighted by molar-refractivity contribution is 0.0702. The Morgan fingerprint density at radius 3 is 2.87 bits per heavy atom. The molecule has 0 saturated carbocycles. The second-order valence-corrected chi connectivity index (χ2v) is 8.85. The van der Waals surface area contributed by atoms with Gasteiger partial charge < -0.3 is 19.4 Å². The second-order valence-electron chi connectivity index (χ2n) is 7.80. The Hall–Kier alpha value is -2.71. The number of carbonyl (C=O) groups excluding carboxylic acids is 2. The van der Waals surface area contributed by atoms with Crippen molar-refractivity contribution in [3.05, 3.63) is 52.1 Å². The Balaban J connectivity index is 1.62. The van der Waals surface area contributed by atoms with E-state index in [4.69, 9.17) is 9.15 Å². The molecule has 31 heavy (non-hydrogen) atoms. The van der Waals surface area contributed by atoms with Gasteiger partial charge in [-0.3, -0.25) is 9.59 Å². The van der Waals surface area contributed by atoms with Gasteiger partial charge in [0.15, 0.2) is 5.89 Å². The van der Waals surface area contributed by atoms with Crippen LogP contribution >= 0.6 is 11.3 Å². The molecule has 0 unspecified atom stereocenters. The smallest absolute Gasteiger partial charge is 0.291 e. The average Bonchev–Trinajstić information content (AvgIpc) is 3.45. The van der Waals surface area contributed by atoms with Gasteiger partial charge in [-0.25, -0.2) is 4.98 Å². The molecule has 0 bridgehead atoms. The summed E-state index contributed by atoms with van der Waals surface area (Å²) in [5.41, 5.74) is 1.62. The van der Waals surface area contributed by atoms with Gasteiger partial charge in [0.05, 0.1) is 17.2 Å². The summed E-state index contributed by atoms with van der Waals surface area (Å²) >= 11 is 1.50. The summed E-state index contributed by atoms with van der Waals surface area (Å²) < 4.78 is 11.7. The molecule has 7 nitrogen and oxygen atoms in total. The van der Waals surface area contributed by atoms with Gasteiger partial charge in [-0.05, 0) is 43.2 Å². The van der Waals surface area contributed by atoms with Crippen LogP contribution in [0.15, 0.2) is 28.7 Å². The number of hydrogen-bond acceptors (Lipinski definition) is 6. The number of nitrogens with zero attached hydrogens (tertiary/aromatic N) is 2. The summed E-state index contributed by atoms with van der Waals surface area (Å²) in [6.45, 7) is 5.15. The average molecular weight is 442 g/mol. The van der Waals surface area contributed by atoms with Crippen molar-refractivity contribution in [1.29, 1.82) is 0 Å². The van der Waals surface area contributed by atoms with Crippen molar-refractivity contribution in [2.75, 3.05) is 26.8 Å². The summed E-state index contributed by atoms with van der Waals surface area (Å²) in [7, 11) is 1.61. The fourth-order valence-electron chi connectivity index (χ4n) is 4.24. The topological polar surface area (TPSA) is 84.7 Å². The molecule has 0 spiro atoms. The zero-order valence-corrected chi connectivity index (χ0v) is 18.9. The molecule has 1 fully saturated rings. The minimum atomic E-state index is -0.119.